The standard InChI is InChI=1S/C19H16ClF2N5/c1-27-15(5-11-8-24-19-16(11)6-13(20)10-25-19)7-18(26-27)23-9-12-4-14(21)2-3-17(12)22/h2-4,6-8,10H,5,9H2,1H3,(H,23,26)(H,24,25). The Bertz CT molecular complexity index is 1120. The van der Waals surface area contributed by atoms with Crippen molar-refractivity contribution in [3.63, 3.8) is 0 Å². The largest absolute Gasteiger partial charge is 0.364 e. The van der Waals surface area contributed by atoms with Gasteiger partial charge in [0.25, 0.3) is 0 Å². The Morgan fingerprint density at radius 3 is 2.89 bits per heavy atom. The number of benzene rings is 1. The molecule has 2 N–H and O–H groups in total. The first-order valence-corrected chi connectivity index (χ1v) is 8.69. The van der Waals surface area contributed by atoms with Gasteiger partial charge in [0, 0.05) is 55.1 Å². The van der Waals surface area contributed by atoms with Crippen molar-refractivity contribution in [2.24, 2.45) is 7.05 Å². The van der Waals surface area contributed by atoms with Crippen LogP contribution < -0.4 is 5.32 Å². The summed E-state index contributed by atoms with van der Waals surface area (Å²) in [6.07, 6.45) is 4.12. The van der Waals surface area contributed by atoms with Gasteiger partial charge in [0.1, 0.15) is 23.1 Å². The number of nitrogens with one attached hydrogen (secondary N) is 2. The SMILES string of the molecule is Cn1nc(NCc2cc(F)ccc2F)cc1Cc1c[nH]c2ncc(Cl)cc12. The zero-order valence-corrected chi connectivity index (χ0v) is 15.2. The molecule has 138 valence electrons. The number of aryl methyl sites for hydroxylation is 1. The fourth-order valence-electron chi connectivity index (χ4n) is 3.00. The van der Waals surface area contributed by atoms with E-state index in [4.69, 9.17) is 11.6 Å². The van der Waals surface area contributed by atoms with Gasteiger partial charge in [0.15, 0.2) is 0 Å². The van der Waals surface area contributed by atoms with E-state index in [0.717, 1.165) is 34.4 Å². The molecule has 0 unspecified atom stereocenters. The summed E-state index contributed by atoms with van der Waals surface area (Å²) >= 11 is 6.05. The molecule has 0 bridgehead atoms. The number of nitrogens with zero attached hydrogens (tertiary/aromatic N) is 3. The third-order valence-electron chi connectivity index (χ3n) is 4.40. The van der Waals surface area contributed by atoms with Gasteiger partial charge in [0.05, 0.1) is 5.02 Å². The van der Waals surface area contributed by atoms with Gasteiger partial charge < -0.3 is 10.3 Å². The molecule has 4 rings (SSSR count). The van der Waals surface area contributed by atoms with Crippen molar-refractivity contribution >= 4 is 28.5 Å². The maximum atomic E-state index is 13.7. The van der Waals surface area contributed by atoms with Crippen molar-refractivity contribution < 1.29 is 8.78 Å². The molecule has 8 heteroatoms. The Balaban J connectivity index is 1.52. The van der Waals surface area contributed by atoms with E-state index >= 15 is 0 Å². The summed E-state index contributed by atoms with van der Waals surface area (Å²) in [5.41, 5.74) is 3.03. The highest BCUT2D eigenvalue weighted by atomic mass is 35.5. The number of pyridine rings is 1. The van der Waals surface area contributed by atoms with Crippen LogP contribution in [0.2, 0.25) is 5.02 Å². The van der Waals surface area contributed by atoms with Crippen LogP contribution >= 0.6 is 11.6 Å². The first-order chi connectivity index (χ1) is 13.0. The van der Waals surface area contributed by atoms with Crippen LogP contribution in [0.1, 0.15) is 16.8 Å². The zero-order chi connectivity index (χ0) is 19.0. The summed E-state index contributed by atoms with van der Waals surface area (Å²) in [6, 6.07) is 7.15. The summed E-state index contributed by atoms with van der Waals surface area (Å²) in [5.74, 6) is -0.336. The molecule has 0 aliphatic rings. The van der Waals surface area contributed by atoms with Gasteiger partial charge in [-0.2, -0.15) is 5.10 Å². The molecule has 0 radical (unpaired) electrons. The van der Waals surface area contributed by atoms with Crippen LogP contribution in [0.3, 0.4) is 0 Å². The summed E-state index contributed by atoms with van der Waals surface area (Å²) in [5, 5.41) is 8.96. The molecule has 0 aliphatic carbocycles. The van der Waals surface area contributed by atoms with Gasteiger partial charge in [0.2, 0.25) is 0 Å². The molecular weight excluding hydrogens is 372 g/mol. The topological polar surface area (TPSA) is 58.5 Å². The van der Waals surface area contributed by atoms with E-state index in [1.54, 1.807) is 10.9 Å². The van der Waals surface area contributed by atoms with Crippen molar-refractivity contribution in [2.75, 3.05) is 5.32 Å². The second kappa shape index (κ2) is 7.00. The Morgan fingerprint density at radius 1 is 1.19 bits per heavy atom. The van der Waals surface area contributed by atoms with Crippen LogP contribution in [-0.2, 0) is 20.0 Å². The second-order valence-corrected chi connectivity index (χ2v) is 6.71. The van der Waals surface area contributed by atoms with Gasteiger partial charge in [-0.3, -0.25) is 4.68 Å². The van der Waals surface area contributed by atoms with E-state index in [2.05, 4.69) is 20.4 Å². The van der Waals surface area contributed by atoms with E-state index in [1.807, 2.05) is 25.4 Å². The van der Waals surface area contributed by atoms with Gasteiger partial charge in [-0.25, -0.2) is 13.8 Å². The van der Waals surface area contributed by atoms with E-state index < -0.39 is 11.6 Å². The van der Waals surface area contributed by atoms with Crippen LogP contribution in [0, 0.1) is 11.6 Å². The Labute approximate surface area is 159 Å². The van der Waals surface area contributed by atoms with Crippen LogP contribution in [0.5, 0.6) is 0 Å². The lowest BCUT2D eigenvalue weighted by atomic mass is 10.1. The highest BCUT2D eigenvalue weighted by Gasteiger charge is 2.11. The second-order valence-electron chi connectivity index (χ2n) is 6.27. The van der Waals surface area contributed by atoms with E-state index in [9.17, 15) is 8.78 Å². The average molecular weight is 388 g/mol. The summed E-state index contributed by atoms with van der Waals surface area (Å²) < 4.78 is 28.8. The summed E-state index contributed by atoms with van der Waals surface area (Å²) in [6.45, 7) is 0.145. The molecule has 1 aromatic carbocycles. The van der Waals surface area contributed by atoms with Crippen molar-refractivity contribution in [3.05, 3.63) is 76.2 Å². The predicted octanol–water partition coefficient (Wildman–Crippen LogP) is 4.43. The van der Waals surface area contributed by atoms with Crippen molar-refractivity contribution in [3.8, 4) is 0 Å². The molecule has 0 fully saturated rings. The zero-order valence-electron chi connectivity index (χ0n) is 14.4. The predicted molar refractivity (Wildman–Crippen MR) is 101 cm³/mol. The molecule has 0 atom stereocenters. The van der Waals surface area contributed by atoms with Gasteiger partial charge in [-0.05, 0) is 29.8 Å². The van der Waals surface area contributed by atoms with Gasteiger partial charge >= 0.3 is 0 Å². The lowest BCUT2D eigenvalue weighted by Crippen LogP contribution is -2.03. The third kappa shape index (κ3) is 3.64. The van der Waals surface area contributed by atoms with E-state index in [0.29, 0.717) is 17.3 Å². The highest BCUT2D eigenvalue weighted by molar-refractivity contribution is 6.31. The van der Waals surface area contributed by atoms with E-state index in [1.165, 1.54) is 6.07 Å². The average Bonchev–Trinajstić information content (AvgIpc) is 3.19. The molecule has 3 heterocycles. The van der Waals surface area contributed by atoms with Gasteiger partial charge in [-0.1, -0.05) is 11.6 Å². The number of anilines is 1. The van der Waals surface area contributed by atoms with Crippen LogP contribution in [-0.4, -0.2) is 19.7 Å². The van der Waals surface area contributed by atoms with Crippen LogP contribution in [0.25, 0.3) is 11.0 Å². The maximum absolute atomic E-state index is 13.7. The van der Waals surface area contributed by atoms with Crippen LogP contribution in [0.4, 0.5) is 14.6 Å². The van der Waals surface area contributed by atoms with Crippen molar-refractivity contribution in [2.45, 2.75) is 13.0 Å². The molecule has 0 saturated carbocycles. The Hall–Kier alpha value is -2.93. The number of halogens is 3. The molecule has 4 aromatic rings. The van der Waals surface area contributed by atoms with Gasteiger partial charge in [-0.15, -0.1) is 0 Å². The maximum Gasteiger partial charge on any atom is 0.148 e. The minimum Gasteiger partial charge on any atom is -0.364 e. The minimum absolute atomic E-state index is 0.145. The minimum atomic E-state index is -0.471. The number of aromatic nitrogens is 4. The van der Waals surface area contributed by atoms with Crippen LogP contribution in [0.15, 0.2) is 42.7 Å². The first kappa shape index (κ1) is 17.5. The molecule has 5 nitrogen and oxygen atoms in total. The monoisotopic (exact) mass is 387 g/mol. The number of fused-ring (bicyclic) bond motifs is 1. The molecular formula is C19H16ClF2N5. The number of aromatic amines is 1. The number of hydrogen-bond donors (Lipinski definition) is 2. The number of hydrogen-bond acceptors (Lipinski definition) is 3. The number of rotatable bonds is 5. The lowest BCUT2D eigenvalue weighted by molar-refractivity contribution is 0.587. The third-order valence-corrected chi connectivity index (χ3v) is 4.61. The van der Waals surface area contributed by atoms with Crippen molar-refractivity contribution in [1.29, 1.82) is 0 Å². The Morgan fingerprint density at radius 2 is 2.04 bits per heavy atom. The smallest absolute Gasteiger partial charge is 0.148 e. The number of H-pyrrole nitrogens is 1. The summed E-state index contributed by atoms with van der Waals surface area (Å²) in [7, 11) is 1.84. The summed E-state index contributed by atoms with van der Waals surface area (Å²) in [4.78, 5) is 7.39. The molecule has 0 spiro atoms. The fourth-order valence-corrected chi connectivity index (χ4v) is 3.15. The molecule has 27 heavy (non-hydrogen) atoms. The Kier molecular flexibility index (Phi) is 4.53. The quantitative estimate of drug-likeness (QED) is 0.532. The van der Waals surface area contributed by atoms with Crippen molar-refractivity contribution in [1.82, 2.24) is 19.7 Å². The first-order valence-electron chi connectivity index (χ1n) is 8.32. The fraction of sp³-hybridized carbons (Fsp3) is 0.158. The molecule has 0 amide bonds. The molecule has 0 saturated heterocycles. The normalized spacial score (nSPS) is 11.3. The molecule has 0 aliphatic heterocycles. The van der Waals surface area contributed by atoms with E-state index in [-0.39, 0.29) is 12.1 Å². The highest BCUT2D eigenvalue weighted by Crippen LogP contribution is 2.23. The lowest BCUT2D eigenvalue weighted by Gasteiger charge is -2.04. The molecule has 3 aromatic heterocycles.